The lowest BCUT2D eigenvalue weighted by atomic mass is 9.94. The second-order valence-electron chi connectivity index (χ2n) is 5.97. The number of nitrogens with zero attached hydrogens (tertiary/aromatic N) is 3. The van der Waals surface area contributed by atoms with Gasteiger partial charge in [-0.1, -0.05) is 0 Å². The fourth-order valence-corrected chi connectivity index (χ4v) is 3.95. The molecule has 2 rings (SSSR count). The third kappa shape index (κ3) is 4.15. The Balaban J connectivity index is 1.82. The average Bonchev–Trinajstić information content (AvgIpc) is 2.48. The highest BCUT2D eigenvalue weighted by atomic mass is 32.2. The van der Waals surface area contributed by atoms with Gasteiger partial charge in [-0.3, -0.25) is 4.79 Å². The highest BCUT2D eigenvalue weighted by Gasteiger charge is 2.30. The molecule has 21 heavy (non-hydrogen) atoms. The lowest BCUT2D eigenvalue weighted by Gasteiger charge is -2.36. The van der Waals surface area contributed by atoms with Crippen molar-refractivity contribution in [2.24, 2.45) is 5.92 Å². The topological polar surface area (TPSA) is 73.0 Å². The van der Waals surface area contributed by atoms with Crippen molar-refractivity contribution in [1.82, 2.24) is 18.8 Å². The smallest absolute Gasteiger partial charge is 0.281 e. The van der Waals surface area contributed by atoms with E-state index in [2.05, 4.69) is 5.32 Å². The first kappa shape index (κ1) is 16.7. The quantitative estimate of drug-likeness (QED) is 0.746. The minimum absolute atomic E-state index is 0.170. The van der Waals surface area contributed by atoms with Gasteiger partial charge >= 0.3 is 0 Å². The van der Waals surface area contributed by atoms with Gasteiger partial charge in [0.05, 0.1) is 0 Å². The van der Waals surface area contributed by atoms with Gasteiger partial charge < -0.3 is 10.2 Å². The van der Waals surface area contributed by atoms with Crippen LogP contribution in [0.4, 0.5) is 0 Å². The molecule has 0 spiro atoms. The van der Waals surface area contributed by atoms with Crippen molar-refractivity contribution < 1.29 is 13.2 Å². The molecule has 7 nitrogen and oxygen atoms in total. The van der Waals surface area contributed by atoms with E-state index in [-0.39, 0.29) is 5.91 Å². The van der Waals surface area contributed by atoms with Crippen LogP contribution in [0.2, 0.25) is 0 Å². The normalized spacial score (nSPS) is 22.7. The van der Waals surface area contributed by atoms with E-state index >= 15 is 0 Å². The summed E-state index contributed by atoms with van der Waals surface area (Å²) in [4.78, 5) is 14.1. The molecule has 0 saturated carbocycles. The summed E-state index contributed by atoms with van der Waals surface area (Å²) >= 11 is 0. The summed E-state index contributed by atoms with van der Waals surface area (Å²) in [6, 6.07) is 0. The predicted octanol–water partition coefficient (Wildman–Crippen LogP) is -0.673. The van der Waals surface area contributed by atoms with E-state index < -0.39 is 10.2 Å². The molecule has 8 heteroatoms. The predicted molar refractivity (Wildman–Crippen MR) is 81.0 cm³/mol. The monoisotopic (exact) mass is 318 g/mol. The second kappa shape index (κ2) is 7.04. The summed E-state index contributed by atoms with van der Waals surface area (Å²) in [5.74, 6) is 0.645. The van der Waals surface area contributed by atoms with E-state index in [1.165, 1.54) is 22.7 Å². The molecule has 122 valence electrons. The molecule has 1 N–H and O–H groups in total. The maximum Gasteiger partial charge on any atom is 0.281 e. The lowest BCUT2D eigenvalue weighted by molar-refractivity contribution is -0.133. The molecule has 0 radical (unpaired) electrons. The third-order valence-electron chi connectivity index (χ3n) is 4.30. The minimum Gasteiger partial charge on any atom is -0.340 e. The number of carbonyl (C=O) groups excluding carboxylic acids is 1. The Kier molecular flexibility index (Phi) is 5.59. The van der Waals surface area contributed by atoms with E-state index in [0.29, 0.717) is 38.5 Å². The standard InChI is InChI=1S/C13H26N4O3S/c1-15(2)21(19,20)17-9-7-16(8-10-17)13(18)11-12-3-5-14-6-4-12/h12,14H,3-11H2,1-2H3. The molecule has 0 bridgehead atoms. The van der Waals surface area contributed by atoms with Crippen molar-refractivity contribution in [3.63, 3.8) is 0 Å². The van der Waals surface area contributed by atoms with Crippen LogP contribution in [0.15, 0.2) is 0 Å². The van der Waals surface area contributed by atoms with Gasteiger partial charge in [-0.15, -0.1) is 0 Å². The van der Waals surface area contributed by atoms with Gasteiger partial charge in [0.15, 0.2) is 0 Å². The van der Waals surface area contributed by atoms with Crippen LogP contribution in [-0.4, -0.2) is 81.2 Å². The number of hydrogen-bond acceptors (Lipinski definition) is 4. The van der Waals surface area contributed by atoms with Gasteiger partial charge in [0.25, 0.3) is 10.2 Å². The van der Waals surface area contributed by atoms with Crippen LogP contribution in [0.1, 0.15) is 19.3 Å². The molecule has 2 heterocycles. The molecule has 0 atom stereocenters. The number of rotatable bonds is 4. The molecule has 2 saturated heterocycles. The Morgan fingerprint density at radius 2 is 1.71 bits per heavy atom. The Morgan fingerprint density at radius 3 is 2.24 bits per heavy atom. The van der Waals surface area contributed by atoms with Gasteiger partial charge in [-0.25, -0.2) is 0 Å². The van der Waals surface area contributed by atoms with Gasteiger partial charge in [0, 0.05) is 46.7 Å². The van der Waals surface area contributed by atoms with Gasteiger partial charge in [-0.05, 0) is 31.8 Å². The summed E-state index contributed by atoms with van der Waals surface area (Å²) in [5.41, 5.74) is 0. The molecule has 0 aromatic heterocycles. The molecule has 2 aliphatic heterocycles. The van der Waals surface area contributed by atoms with Crippen LogP contribution < -0.4 is 5.32 Å². The lowest BCUT2D eigenvalue weighted by Crippen LogP contribution is -2.53. The number of piperazine rings is 1. The molecule has 0 aromatic carbocycles. The summed E-state index contributed by atoms with van der Waals surface area (Å²) in [6.07, 6.45) is 2.71. The number of piperidine rings is 1. The van der Waals surface area contributed by atoms with Crippen LogP contribution in [0, 0.1) is 5.92 Å². The van der Waals surface area contributed by atoms with Gasteiger partial charge in [0.1, 0.15) is 0 Å². The molecular weight excluding hydrogens is 292 g/mol. The summed E-state index contributed by atoms with van der Waals surface area (Å²) in [5, 5.41) is 3.30. The molecule has 1 amide bonds. The zero-order valence-corrected chi connectivity index (χ0v) is 13.7. The van der Waals surface area contributed by atoms with Crippen molar-refractivity contribution >= 4 is 16.1 Å². The Morgan fingerprint density at radius 1 is 1.14 bits per heavy atom. The van der Waals surface area contributed by atoms with Crippen LogP contribution in [0.5, 0.6) is 0 Å². The van der Waals surface area contributed by atoms with E-state index in [9.17, 15) is 13.2 Å². The Hall–Kier alpha value is -0.700. The van der Waals surface area contributed by atoms with Crippen molar-refractivity contribution in [2.45, 2.75) is 19.3 Å². The fraction of sp³-hybridized carbons (Fsp3) is 0.923. The zero-order valence-electron chi connectivity index (χ0n) is 12.9. The van der Waals surface area contributed by atoms with Crippen molar-refractivity contribution in [1.29, 1.82) is 0 Å². The molecule has 2 fully saturated rings. The molecule has 0 aromatic rings. The van der Waals surface area contributed by atoms with Crippen LogP contribution in [0.25, 0.3) is 0 Å². The first-order chi connectivity index (χ1) is 9.91. The van der Waals surface area contributed by atoms with Crippen LogP contribution >= 0.6 is 0 Å². The number of hydrogen-bond donors (Lipinski definition) is 1. The highest BCUT2D eigenvalue weighted by Crippen LogP contribution is 2.18. The number of nitrogens with one attached hydrogen (secondary N) is 1. The van der Waals surface area contributed by atoms with Crippen LogP contribution in [-0.2, 0) is 15.0 Å². The molecule has 0 unspecified atom stereocenters. The maximum atomic E-state index is 12.3. The summed E-state index contributed by atoms with van der Waals surface area (Å²) < 4.78 is 26.7. The molecule has 2 aliphatic rings. The Bertz CT molecular complexity index is 452. The number of carbonyl (C=O) groups is 1. The zero-order chi connectivity index (χ0) is 15.5. The van der Waals surface area contributed by atoms with Crippen molar-refractivity contribution in [3.05, 3.63) is 0 Å². The van der Waals surface area contributed by atoms with E-state index in [4.69, 9.17) is 0 Å². The molecule has 0 aliphatic carbocycles. The Labute approximate surface area is 127 Å². The average molecular weight is 318 g/mol. The first-order valence-electron chi connectivity index (χ1n) is 7.57. The first-order valence-corrected chi connectivity index (χ1v) is 8.97. The summed E-state index contributed by atoms with van der Waals surface area (Å²) in [6.45, 7) is 3.75. The highest BCUT2D eigenvalue weighted by molar-refractivity contribution is 7.86. The molecular formula is C13H26N4O3S. The maximum absolute atomic E-state index is 12.3. The SMILES string of the molecule is CN(C)S(=O)(=O)N1CCN(C(=O)CC2CCNCC2)CC1. The van der Waals surface area contributed by atoms with Gasteiger partial charge in [0.2, 0.25) is 5.91 Å². The summed E-state index contributed by atoms with van der Waals surface area (Å²) in [7, 11) is -0.292. The minimum atomic E-state index is -3.36. The van der Waals surface area contributed by atoms with Crippen LogP contribution in [0.3, 0.4) is 0 Å². The second-order valence-corrected chi connectivity index (χ2v) is 8.11. The van der Waals surface area contributed by atoms with Gasteiger partial charge in [-0.2, -0.15) is 17.0 Å². The van der Waals surface area contributed by atoms with Crippen molar-refractivity contribution in [2.75, 3.05) is 53.4 Å². The third-order valence-corrected chi connectivity index (χ3v) is 6.24. The largest absolute Gasteiger partial charge is 0.340 e. The van der Waals surface area contributed by atoms with E-state index in [1.807, 2.05) is 4.90 Å². The van der Waals surface area contributed by atoms with Crippen molar-refractivity contribution in [3.8, 4) is 0 Å². The fourth-order valence-electron chi connectivity index (χ4n) is 2.86. The van der Waals surface area contributed by atoms with E-state index in [1.54, 1.807) is 0 Å². The number of amides is 1. The van der Waals surface area contributed by atoms with E-state index in [0.717, 1.165) is 25.9 Å².